The average molecular weight is 578 g/mol. The number of carbonyl (C=O) groups is 2. The number of unbranched alkanes of at least 4 members (excludes halogenated alkanes) is 7. The molecule has 0 saturated heterocycles. The molecule has 3 nitrogen and oxygen atoms in total. The van der Waals surface area contributed by atoms with Crippen molar-refractivity contribution in [3.8, 4) is 0 Å². The molecule has 0 spiro atoms. The minimum absolute atomic E-state index is 0. The molecule has 0 N–H and O–H groups in total. The van der Waals surface area contributed by atoms with Crippen LogP contribution in [-0.4, -0.2) is 138 Å². The summed E-state index contributed by atoms with van der Waals surface area (Å²) in [7, 11) is 0. The van der Waals surface area contributed by atoms with Crippen molar-refractivity contribution in [1.82, 2.24) is 0 Å². The molecule has 0 aromatic heterocycles. The molecular formula is C16H30BrIK2NaO3. The first kappa shape index (κ1) is 36.0. The van der Waals surface area contributed by atoms with Crippen molar-refractivity contribution in [2.45, 2.75) is 84.5 Å². The van der Waals surface area contributed by atoms with Crippen LogP contribution in [0.15, 0.2) is 0 Å². The van der Waals surface area contributed by atoms with Crippen molar-refractivity contribution < 1.29 is 14.3 Å². The Balaban J connectivity index is -0.000000480. The molecule has 0 aliphatic rings. The Kier molecular flexibility index (Phi) is 44.8. The molecule has 0 aromatic carbocycles. The molecule has 0 aromatic rings. The maximum absolute atomic E-state index is 11.7. The average Bonchev–Trinajstić information content (AvgIpc) is 2.53. The van der Waals surface area contributed by atoms with E-state index in [1.54, 1.807) is 0 Å². The molecule has 0 atom stereocenters. The van der Waals surface area contributed by atoms with Crippen LogP contribution in [-0.2, 0) is 14.3 Å². The molecule has 129 valence electrons. The van der Waals surface area contributed by atoms with Gasteiger partial charge in [-0.2, -0.15) is 0 Å². The number of rotatable bonds is 12. The maximum atomic E-state index is 11.7. The third-order valence-corrected chi connectivity index (χ3v) is 4.14. The van der Waals surface area contributed by atoms with E-state index in [4.69, 9.17) is 4.74 Å². The van der Waals surface area contributed by atoms with Crippen LogP contribution in [0.2, 0.25) is 0 Å². The van der Waals surface area contributed by atoms with Crippen LogP contribution in [0.4, 0.5) is 0 Å². The Hall–Kier alpha value is 4.62. The summed E-state index contributed by atoms with van der Waals surface area (Å²) >= 11 is 2.87. The van der Waals surface area contributed by atoms with E-state index in [1.165, 1.54) is 25.7 Å². The summed E-state index contributed by atoms with van der Waals surface area (Å²) in [5.74, 6) is -0.824. The van der Waals surface area contributed by atoms with E-state index in [9.17, 15) is 9.59 Å². The summed E-state index contributed by atoms with van der Waals surface area (Å²) in [4.78, 5) is 23.2. The zero-order valence-electron chi connectivity index (χ0n) is 14.3. The summed E-state index contributed by atoms with van der Waals surface area (Å²) in [6.07, 6.45) is 11.0. The molecule has 0 aliphatic carbocycles. The molecule has 0 bridgehead atoms. The fraction of sp³-hybridized carbons (Fsp3) is 0.812. The molecule has 0 saturated carbocycles. The van der Waals surface area contributed by atoms with Gasteiger partial charge in [0.25, 0.3) is 0 Å². The summed E-state index contributed by atoms with van der Waals surface area (Å²) in [6, 6.07) is 0. The topological polar surface area (TPSA) is 43.4 Å². The van der Waals surface area contributed by atoms with E-state index >= 15 is 0 Å². The quantitative estimate of drug-likeness (QED) is 0.113. The summed E-state index contributed by atoms with van der Waals surface area (Å²) in [5, 5.41) is 0. The monoisotopic (exact) mass is 577 g/mol. The second-order valence-electron chi connectivity index (χ2n) is 5.14. The Bertz CT molecular complexity index is 288. The second-order valence-corrected chi connectivity index (χ2v) is 6.44. The summed E-state index contributed by atoms with van der Waals surface area (Å²) < 4.78 is 5.49. The van der Waals surface area contributed by atoms with E-state index in [-0.39, 0.29) is 86.9 Å². The molecular weight excluding hydrogens is 548 g/mol. The zero-order chi connectivity index (χ0) is 17.2. The summed E-state index contributed by atoms with van der Waals surface area (Å²) in [5.41, 5.74) is 0. The van der Waals surface area contributed by atoms with Crippen molar-refractivity contribution in [2.24, 2.45) is 0 Å². The van der Waals surface area contributed by atoms with Crippen molar-refractivity contribution in [1.29, 1.82) is 0 Å². The molecule has 24 heavy (non-hydrogen) atoms. The van der Waals surface area contributed by atoms with E-state index in [0.29, 0.717) is 10.3 Å². The first-order chi connectivity index (χ1) is 10.6. The molecule has 8 heteroatoms. The van der Waals surface area contributed by atoms with Crippen LogP contribution in [0.3, 0.4) is 0 Å². The van der Waals surface area contributed by atoms with E-state index in [2.05, 4.69) is 20.4 Å². The molecule has 0 fully saturated rings. The Morgan fingerprint density at radius 3 is 1.79 bits per heavy atom. The number of hydrogen-bond acceptors (Lipinski definition) is 3. The molecule has 0 aliphatic heterocycles. The van der Waals surface area contributed by atoms with Gasteiger partial charge in [-0.15, -0.1) is 0 Å². The number of esters is 2. The Morgan fingerprint density at radius 1 is 0.875 bits per heavy atom. The Labute approximate surface area is 263 Å². The van der Waals surface area contributed by atoms with Gasteiger partial charge in [0.1, 0.15) is 3.92 Å². The van der Waals surface area contributed by atoms with Crippen LogP contribution in [0, 0.1) is 3.92 Å². The van der Waals surface area contributed by atoms with Gasteiger partial charge >= 0.3 is 145 Å². The van der Waals surface area contributed by atoms with Gasteiger partial charge in [0.15, 0.2) is 0 Å². The number of ether oxygens (including phenoxy) is 1. The van der Waals surface area contributed by atoms with Crippen LogP contribution in [0.5, 0.6) is 0 Å². The number of carbonyl (C=O) groups excluding carboxylic acids is 2. The predicted octanol–water partition coefficient (Wildman–Crippen LogP) is 4.52. The SMILES string of the molecule is CCCCCCCC(=O)OC(=O)[C](I)CCCCCC.[KH].[K][Br].[NaH]. The third-order valence-electron chi connectivity index (χ3n) is 3.16. The first-order valence-electron chi connectivity index (χ1n) is 8.25. The number of hydrogen-bond donors (Lipinski definition) is 0. The summed E-state index contributed by atoms with van der Waals surface area (Å²) in [6.45, 7) is 7.44. The molecule has 1 radical (unpaired) electrons. The fourth-order valence-corrected chi connectivity index (χ4v) is 2.38. The minimum atomic E-state index is -0.444. The number of halogens is 2. The predicted molar refractivity (Wildman–Crippen MR) is 119 cm³/mol. The Morgan fingerprint density at radius 2 is 1.29 bits per heavy atom. The van der Waals surface area contributed by atoms with E-state index < -0.39 is 5.97 Å². The fourth-order valence-electron chi connectivity index (χ4n) is 1.89. The second kappa shape index (κ2) is 29.8. The van der Waals surface area contributed by atoms with Gasteiger partial charge in [-0.05, 0) is 12.8 Å². The van der Waals surface area contributed by atoms with Crippen molar-refractivity contribution in [3.05, 3.63) is 3.92 Å². The van der Waals surface area contributed by atoms with Gasteiger partial charge in [-0.1, -0.05) is 87.8 Å². The third kappa shape index (κ3) is 26.6. The van der Waals surface area contributed by atoms with Crippen LogP contribution in [0.25, 0.3) is 0 Å². The van der Waals surface area contributed by atoms with E-state index in [0.717, 1.165) is 83.9 Å². The standard InChI is InChI=1S/C16H28IO3.BrH.2K.Na.2H/c1-3-5-7-9-11-13-15(18)20-16(19)14(17)12-10-8-6-4-2;;;;;;/h3-13H2,1-2H3;1H;;;;;/q;;;+1;;;/p-1. The molecule has 0 heterocycles. The van der Waals surface area contributed by atoms with Gasteiger partial charge < -0.3 is 4.74 Å². The molecule has 0 rings (SSSR count). The first-order valence-corrected chi connectivity index (χ1v) is 17.1. The normalized spacial score (nSPS) is 9.29. The zero-order valence-corrected chi connectivity index (χ0v) is 21.1. The van der Waals surface area contributed by atoms with Gasteiger partial charge in [0.05, 0.1) is 0 Å². The van der Waals surface area contributed by atoms with Crippen LogP contribution in [0.1, 0.15) is 84.5 Å². The van der Waals surface area contributed by atoms with Gasteiger partial charge in [0, 0.05) is 6.42 Å². The molecule has 0 unspecified atom stereocenters. The van der Waals surface area contributed by atoms with Gasteiger partial charge in [-0.3, -0.25) is 9.59 Å². The van der Waals surface area contributed by atoms with Crippen molar-refractivity contribution in [2.75, 3.05) is 0 Å². The van der Waals surface area contributed by atoms with Crippen LogP contribution < -0.4 is 0 Å². The van der Waals surface area contributed by atoms with Crippen LogP contribution >= 0.6 is 29.2 Å². The van der Waals surface area contributed by atoms with Crippen molar-refractivity contribution >= 4 is 167 Å². The van der Waals surface area contributed by atoms with E-state index in [1.807, 2.05) is 22.6 Å². The van der Waals surface area contributed by atoms with Gasteiger partial charge in [-0.25, -0.2) is 0 Å². The van der Waals surface area contributed by atoms with Crippen molar-refractivity contribution in [3.63, 3.8) is 0 Å². The van der Waals surface area contributed by atoms with Gasteiger partial charge in [0.2, 0.25) is 0 Å². The molecule has 0 amide bonds.